The fourth-order valence-electron chi connectivity index (χ4n) is 2.33. The second-order valence-electron chi connectivity index (χ2n) is 6.22. The van der Waals surface area contributed by atoms with Crippen molar-refractivity contribution in [3.05, 3.63) is 35.4 Å². The molecule has 0 heterocycles. The minimum absolute atomic E-state index is 0.767. The second kappa shape index (κ2) is 10.9. The van der Waals surface area contributed by atoms with E-state index < -0.39 is 0 Å². The summed E-state index contributed by atoms with van der Waals surface area (Å²) in [4.78, 5) is 0. The number of aryl methyl sites for hydroxylation is 1. The van der Waals surface area contributed by atoms with E-state index in [-0.39, 0.29) is 0 Å². The molecule has 0 unspecified atom stereocenters. The Morgan fingerprint density at radius 1 is 1.00 bits per heavy atom. The summed E-state index contributed by atoms with van der Waals surface area (Å²) in [5.74, 6) is 0.776. The van der Waals surface area contributed by atoms with Gasteiger partial charge < -0.3 is 4.74 Å². The quantitative estimate of drug-likeness (QED) is 0.467. The van der Waals surface area contributed by atoms with E-state index in [4.69, 9.17) is 4.74 Å². The predicted octanol–water partition coefficient (Wildman–Crippen LogP) is 5.76. The van der Waals surface area contributed by atoms with Crippen LogP contribution in [-0.4, -0.2) is 6.61 Å². The molecule has 1 rings (SSSR count). The zero-order chi connectivity index (χ0) is 14.6. The molecule has 1 aromatic carbocycles. The van der Waals surface area contributed by atoms with Crippen LogP contribution < -0.4 is 0 Å². The average Bonchev–Trinajstić information content (AvgIpc) is 2.45. The Balaban J connectivity index is 2.18. The third kappa shape index (κ3) is 8.37. The lowest BCUT2D eigenvalue weighted by molar-refractivity contribution is 0.116. The Morgan fingerprint density at radius 3 is 2.50 bits per heavy atom. The SMILES string of the molecule is CCCCCCCOCc1cccc(CCC(C)C)c1. The zero-order valence-electron chi connectivity index (χ0n) is 13.7. The van der Waals surface area contributed by atoms with E-state index in [9.17, 15) is 0 Å². The normalized spacial score (nSPS) is 11.2. The fourth-order valence-corrected chi connectivity index (χ4v) is 2.33. The molecule has 0 bridgehead atoms. The van der Waals surface area contributed by atoms with E-state index in [1.807, 2.05) is 0 Å². The van der Waals surface area contributed by atoms with Gasteiger partial charge in [0.05, 0.1) is 6.61 Å². The van der Waals surface area contributed by atoms with Crippen molar-refractivity contribution < 1.29 is 4.74 Å². The number of rotatable bonds is 11. The van der Waals surface area contributed by atoms with Gasteiger partial charge in [-0.15, -0.1) is 0 Å². The van der Waals surface area contributed by atoms with Gasteiger partial charge in [-0.1, -0.05) is 70.7 Å². The first-order chi connectivity index (χ1) is 9.72. The van der Waals surface area contributed by atoms with Crippen molar-refractivity contribution >= 4 is 0 Å². The van der Waals surface area contributed by atoms with Crippen molar-refractivity contribution in [3.8, 4) is 0 Å². The van der Waals surface area contributed by atoms with E-state index in [2.05, 4.69) is 45.0 Å². The van der Waals surface area contributed by atoms with E-state index in [0.29, 0.717) is 0 Å². The molecule has 0 spiro atoms. The first-order valence-electron chi connectivity index (χ1n) is 8.38. The molecule has 0 aliphatic heterocycles. The minimum Gasteiger partial charge on any atom is -0.377 e. The van der Waals surface area contributed by atoms with Gasteiger partial charge in [0.25, 0.3) is 0 Å². The van der Waals surface area contributed by atoms with Crippen LogP contribution in [0, 0.1) is 5.92 Å². The Kier molecular flexibility index (Phi) is 9.40. The van der Waals surface area contributed by atoms with Crippen LogP contribution in [0.4, 0.5) is 0 Å². The van der Waals surface area contributed by atoms with E-state index in [1.54, 1.807) is 0 Å². The van der Waals surface area contributed by atoms with Gasteiger partial charge in [0.1, 0.15) is 0 Å². The highest BCUT2D eigenvalue weighted by Gasteiger charge is 1.99. The molecule has 0 radical (unpaired) electrons. The average molecular weight is 276 g/mol. The lowest BCUT2D eigenvalue weighted by Gasteiger charge is -2.08. The molecule has 0 saturated carbocycles. The summed E-state index contributed by atoms with van der Waals surface area (Å²) in [6.45, 7) is 8.49. The van der Waals surface area contributed by atoms with E-state index in [0.717, 1.165) is 19.1 Å². The highest BCUT2D eigenvalue weighted by atomic mass is 16.5. The first kappa shape index (κ1) is 17.2. The van der Waals surface area contributed by atoms with Crippen LogP contribution >= 0.6 is 0 Å². The van der Waals surface area contributed by atoms with Crippen LogP contribution in [0.3, 0.4) is 0 Å². The molecular weight excluding hydrogens is 244 g/mol. The third-order valence-electron chi connectivity index (χ3n) is 3.66. The van der Waals surface area contributed by atoms with Gasteiger partial charge in [0, 0.05) is 6.61 Å². The molecular formula is C19H32O. The van der Waals surface area contributed by atoms with Gasteiger partial charge in [-0.2, -0.15) is 0 Å². The Labute approximate surface area is 125 Å². The van der Waals surface area contributed by atoms with Crippen molar-refractivity contribution in [1.29, 1.82) is 0 Å². The smallest absolute Gasteiger partial charge is 0.0716 e. The number of unbranched alkanes of at least 4 members (excludes halogenated alkanes) is 4. The van der Waals surface area contributed by atoms with Gasteiger partial charge in [0.2, 0.25) is 0 Å². The minimum atomic E-state index is 0.767. The van der Waals surface area contributed by atoms with Gasteiger partial charge >= 0.3 is 0 Å². The summed E-state index contributed by atoms with van der Waals surface area (Å²) in [7, 11) is 0. The maximum Gasteiger partial charge on any atom is 0.0716 e. The van der Waals surface area contributed by atoms with Gasteiger partial charge in [-0.05, 0) is 36.3 Å². The number of benzene rings is 1. The first-order valence-corrected chi connectivity index (χ1v) is 8.38. The van der Waals surface area contributed by atoms with Gasteiger partial charge in [-0.25, -0.2) is 0 Å². The van der Waals surface area contributed by atoms with Crippen molar-refractivity contribution in [2.45, 2.75) is 72.3 Å². The van der Waals surface area contributed by atoms with Crippen molar-refractivity contribution in [2.75, 3.05) is 6.61 Å². The van der Waals surface area contributed by atoms with Crippen LogP contribution in [-0.2, 0) is 17.8 Å². The van der Waals surface area contributed by atoms with E-state index >= 15 is 0 Å². The molecule has 0 amide bonds. The molecule has 114 valence electrons. The van der Waals surface area contributed by atoms with Crippen LogP contribution in [0.15, 0.2) is 24.3 Å². The molecule has 1 heteroatoms. The molecule has 0 fully saturated rings. The standard InChI is InChI=1S/C19H32O/c1-4-5-6-7-8-14-20-16-19-11-9-10-18(15-19)13-12-17(2)3/h9-11,15,17H,4-8,12-14,16H2,1-3H3. The fraction of sp³-hybridized carbons (Fsp3) is 0.684. The summed E-state index contributed by atoms with van der Waals surface area (Å²) >= 11 is 0. The third-order valence-corrected chi connectivity index (χ3v) is 3.66. The lowest BCUT2D eigenvalue weighted by atomic mass is 10.0. The molecule has 0 aliphatic carbocycles. The molecule has 0 aromatic heterocycles. The van der Waals surface area contributed by atoms with Crippen molar-refractivity contribution in [2.24, 2.45) is 5.92 Å². The Morgan fingerprint density at radius 2 is 1.75 bits per heavy atom. The topological polar surface area (TPSA) is 9.23 Å². The Bertz CT molecular complexity index is 343. The van der Waals surface area contributed by atoms with E-state index in [1.165, 1.54) is 56.1 Å². The molecule has 20 heavy (non-hydrogen) atoms. The largest absolute Gasteiger partial charge is 0.377 e. The van der Waals surface area contributed by atoms with Crippen LogP contribution in [0.1, 0.15) is 70.4 Å². The molecule has 1 aromatic rings. The monoisotopic (exact) mass is 276 g/mol. The van der Waals surface area contributed by atoms with Crippen LogP contribution in [0.2, 0.25) is 0 Å². The zero-order valence-corrected chi connectivity index (χ0v) is 13.7. The summed E-state index contributed by atoms with van der Waals surface area (Å²) in [5.41, 5.74) is 2.77. The number of hydrogen-bond donors (Lipinski definition) is 0. The second-order valence-corrected chi connectivity index (χ2v) is 6.22. The van der Waals surface area contributed by atoms with Crippen molar-refractivity contribution in [3.63, 3.8) is 0 Å². The van der Waals surface area contributed by atoms with Crippen LogP contribution in [0.5, 0.6) is 0 Å². The number of ether oxygens (including phenoxy) is 1. The maximum absolute atomic E-state index is 5.78. The summed E-state index contributed by atoms with van der Waals surface area (Å²) in [6, 6.07) is 8.88. The molecule has 0 N–H and O–H groups in total. The van der Waals surface area contributed by atoms with Crippen molar-refractivity contribution in [1.82, 2.24) is 0 Å². The summed E-state index contributed by atoms with van der Waals surface area (Å²) < 4.78 is 5.78. The highest BCUT2D eigenvalue weighted by molar-refractivity contribution is 5.23. The Hall–Kier alpha value is -0.820. The predicted molar refractivity (Wildman–Crippen MR) is 88.0 cm³/mol. The molecule has 1 nitrogen and oxygen atoms in total. The lowest BCUT2D eigenvalue weighted by Crippen LogP contribution is -1.97. The van der Waals surface area contributed by atoms with Crippen LogP contribution in [0.25, 0.3) is 0 Å². The highest BCUT2D eigenvalue weighted by Crippen LogP contribution is 2.12. The molecule has 0 saturated heterocycles. The molecule has 0 aliphatic rings. The molecule has 0 atom stereocenters. The van der Waals surface area contributed by atoms with Gasteiger partial charge in [-0.3, -0.25) is 0 Å². The van der Waals surface area contributed by atoms with Gasteiger partial charge in [0.15, 0.2) is 0 Å². The summed E-state index contributed by atoms with van der Waals surface area (Å²) in [5, 5.41) is 0. The summed E-state index contributed by atoms with van der Waals surface area (Å²) in [6.07, 6.45) is 8.98. The number of hydrogen-bond acceptors (Lipinski definition) is 1. The maximum atomic E-state index is 5.78.